The molecule has 3 aromatic rings. The molecule has 6 nitrogen and oxygen atoms in total. The highest BCUT2D eigenvalue weighted by Gasteiger charge is 2.30. The maximum Gasteiger partial charge on any atom is 0.191 e. The number of rotatable bonds is 7. The van der Waals surface area contributed by atoms with Crippen molar-refractivity contribution in [3.05, 3.63) is 41.8 Å². The molecule has 8 heteroatoms. The minimum atomic E-state index is 0.358. The van der Waals surface area contributed by atoms with Crippen molar-refractivity contribution in [2.24, 2.45) is 11.3 Å². The number of hydrogen-bond donors (Lipinski definition) is 0. The predicted octanol–water partition coefficient (Wildman–Crippen LogP) is 4.73. The van der Waals surface area contributed by atoms with Crippen molar-refractivity contribution < 1.29 is 0 Å². The normalized spacial score (nSPS) is 16.7. The van der Waals surface area contributed by atoms with Crippen LogP contribution >= 0.6 is 23.1 Å². The Balaban J connectivity index is 1.53. The van der Waals surface area contributed by atoms with Gasteiger partial charge in [0.15, 0.2) is 11.0 Å². The molecule has 1 aliphatic carbocycles. The lowest BCUT2D eigenvalue weighted by Gasteiger charge is -2.33. The third-order valence-electron chi connectivity index (χ3n) is 5.57. The van der Waals surface area contributed by atoms with Gasteiger partial charge in [0.1, 0.15) is 12.7 Å². The van der Waals surface area contributed by atoms with Crippen LogP contribution in [0.4, 0.5) is 0 Å². The zero-order valence-electron chi connectivity index (χ0n) is 17.3. The van der Waals surface area contributed by atoms with E-state index in [4.69, 9.17) is 0 Å². The van der Waals surface area contributed by atoms with Crippen molar-refractivity contribution in [3.63, 3.8) is 0 Å². The molecule has 29 heavy (non-hydrogen) atoms. The monoisotopic (exact) mass is 428 g/mol. The van der Waals surface area contributed by atoms with Gasteiger partial charge >= 0.3 is 0 Å². The lowest BCUT2D eigenvalue weighted by Crippen LogP contribution is -2.26. The SMILES string of the molecule is C=CCn1c(SCCn2cncn2)nnc1-c1cc2c(s1)CCC(C(C)(C)C)C2. The Bertz CT molecular complexity index is 964. The Morgan fingerprint density at radius 3 is 2.93 bits per heavy atom. The van der Waals surface area contributed by atoms with E-state index in [2.05, 4.69) is 58.3 Å². The summed E-state index contributed by atoms with van der Waals surface area (Å²) in [5, 5.41) is 14.1. The maximum absolute atomic E-state index is 4.55. The Hall–Kier alpha value is -1.93. The summed E-state index contributed by atoms with van der Waals surface area (Å²) < 4.78 is 4.01. The lowest BCUT2D eigenvalue weighted by molar-refractivity contribution is 0.217. The second-order valence-corrected chi connectivity index (χ2v) is 10.8. The number of allylic oxidation sites excluding steroid dienone is 1. The van der Waals surface area contributed by atoms with E-state index in [0.717, 1.165) is 29.2 Å². The first kappa shape index (κ1) is 20.3. The fourth-order valence-corrected chi connectivity index (χ4v) is 5.90. The maximum atomic E-state index is 4.55. The number of hydrogen-bond acceptors (Lipinski definition) is 6. The van der Waals surface area contributed by atoms with Gasteiger partial charge in [0.2, 0.25) is 0 Å². The summed E-state index contributed by atoms with van der Waals surface area (Å²) in [6, 6.07) is 2.35. The first-order valence-corrected chi connectivity index (χ1v) is 11.9. The number of aromatic nitrogens is 6. The first-order valence-electron chi connectivity index (χ1n) is 10.1. The summed E-state index contributed by atoms with van der Waals surface area (Å²) >= 11 is 3.58. The number of thiophene rings is 1. The molecule has 0 saturated heterocycles. The van der Waals surface area contributed by atoms with Crippen LogP contribution in [0.1, 0.15) is 37.6 Å². The van der Waals surface area contributed by atoms with Gasteiger partial charge in [-0.15, -0.1) is 28.1 Å². The second kappa shape index (κ2) is 8.44. The summed E-state index contributed by atoms with van der Waals surface area (Å²) in [6.45, 7) is 12.5. The minimum absolute atomic E-state index is 0.358. The second-order valence-electron chi connectivity index (χ2n) is 8.58. The van der Waals surface area contributed by atoms with Crippen molar-refractivity contribution in [2.75, 3.05) is 5.75 Å². The van der Waals surface area contributed by atoms with E-state index in [9.17, 15) is 0 Å². The highest BCUT2D eigenvalue weighted by atomic mass is 32.2. The molecule has 0 fully saturated rings. The van der Waals surface area contributed by atoms with Crippen LogP contribution in [-0.4, -0.2) is 35.3 Å². The van der Waals surface area contributed by atoms with Crippen molar-refractivity contribution in [3.8, 4) is 10.7 Å². The molecule has 0 bridgehead atoms. The Kier molecular flexibility index (Phi) is 5.92. The molecule has 1 unspecified atom stereocenters. The molecule has 1 aliphatic rings. The quantitative estimate of drug-likeness (QED) is 0.402. The molecule has 1 atom stereocenters. The van der Waals surface area contributed by atoms with Crippen LogP contribution < -0.4 is 0 Å². The van der Waals surface area contributed by atoms with Crippen LogP contribution in [-0.2, 0) is 25.9 Å². The van der Waals surface area contributed by atoms with E-state index in [1.54, 1.807) is 24.4 Å². The molecule has 0 N–H and O–H groups in total. The molecular formula is C21H28N6S2. The van der Waals surface area contributed by atoms with E-state index in [0.29, 0.717) is 12.0 Å². The molecule has 0 aliphatic heterocycles. The summed E-state index contributed by atoms with van der Waals surface area (Å²) in [4.78, 5) is 6.73. The van der Waals surface area contributed by atoms with E-state index >= 15 is 0 Å². The zero-order chi connectivity index (χ0) is 20.4. The van der Waals surface area contributed by atoms with E-state index in [-0.39, 0.29) is 0 Å². The minimum Gasteiger partial charge on any atom is -0.297 e. The predicted molar refractivity (Wildman–Crippen MR) is 119 cm³/mol. The molecule has 4 rings (SSSR count). The standard InChI is InChI=1S/C21H28N6S2/c1-5-8-27-19(24-25-20(27)28-10-9-26-14-22-13-23-26)18-12-15-11-16(21(2,3)4)6-7-17(15)29-18/h5,12-14,16H,1,6-11H2,2-4H3. The average molecular weight is 429 g/mol. The third kappa shape index (κ3) is 4.48. The summed E-state index contributed by atoms with van der Waals surface area (Å²) in [7, 11) is 0. The van der Waals surface area contributed by atoms with Crippen LogP contribution in [0.25, 0.3) is 10.7 Å². The summed E-state index contributed by atoms with van der Waals surface area (Å²) in [5.74, 6) is 2.57. The molecule has 0 amide bonds. The number of fused-ring (bicyclic) bond motifs is 1. The smallest absolute Gasteiger partial charge is 0.191 e. The molecule has 154 valence electrons. The Morgan fingerprint density at radius 2 is 2.21 bits per heavy atom. The first-order chi connectivity index (χ1) is 14.0. The van der Waals surface area contributed by atoms with Crippen LogP contribution in [0.5, 0.6) is 0 Å². The molecular weight excluding hydrogens is 400 g/mol. The Labute approximate surface area is 180 Å². The number of nitrogens with zero attached hydrogens (tertiary/aromatic N) is 6. The van der Waals surface area contributed by atoms with Gasteiger partial charge in [-0.3, -0.25) is 9.25 Å². The average Bonchev–Trinajstić information content (AvgIpc) is 3.40. The van der Waals surface area contributed by atoms with Crippen molar-refractivity contribution in [1.29, 1.82) is 0 Å². The number of aryl methyl sites for hydroxylation is 2. The van der Waals surface area contributed by atoms with Crippen molar-refractivity contribution >= 4 is 23.1 Å². The van der Waals surface area contributed by atoms with Gasteiger partial charge in [-0.1, -0.05) is 38.6 Å². The lowest BCUT2D eigenvalue weighted by atomic mass is 9.72. The van der Waals surface area contributed by atoms with Gasteiger partial charge in [0.05, 0.1) is 11.4 Å². The fraction of sp³-hybridized carbons (Fsp3) is 0.524. The molecule has 0 saturated carbocycles. The molecule has 3 aromatic heterocycles. The van der Waals surface area contributed by atoms with Crippen LogP contribution in [0.2, 0.25) is 0 Å². The van der Waals surface area contributed by atoms with Gasteiger partial charge in [-0.05, 0) is 42.2 Å². The van der Waals surface area contributed by atoms with Gasteiger partial charge in [-0.2, -0.15) is 5.10 Å². The number of thioether (sulfide) groups is 1. The highest BCUT2D eigenvalue weighted by molar-refractivity contribution is 7.99. The van der Waals surface area contributed by atoms with Gasteiger partial charge < -0.3 is 0 Å². The van der Waals surface area contributed by atoms with Crippen LogP contribution in [0.15, 0.2) is 36.5 Å². The van der Waals surface area contributed by atoms with Crippen LogP contribution in [0, 0.1) is 11.3 Å². The Morgan fingerprint density at radius 1 is 1.34 bits per heavy atom. The van der Waals surface area contributed by atoms with E-state index in [1.807, 2.05) is 22.1 Å². The topological polar surface area (TPSA) is 61.4 Å². The van der Waals surface area contributed by atoms with Crippen molar-refractivity contribution in [2.45, 2.75) is 58.3 Å². The summed E-state index contributed by atoms with van der Waals surface area (Å²) in [6.07, 6.45) is 8.84. The van der Waals surface area contributed by atoms with E-state index < -0.39 is 0 Å². The molecule has 3 heterocycles. The van der Waals surface area contributed by atoms with Gasteiger partial charge in [0, 0.05) is 17.2 Å². The highest BCUT2D eigenvalue weighted by Crippen LogP contribution is 2.42. The molecule has 0 radical (unpaired) electrons. The van der Waals surface area contributed by atoms with Gasteiger partial charge in [-0.25, -0.2) is 4.98 Å². The van der Waals surface area contributed by atoms with Gasteiger partial charge in [0.25, 0.3) is 0 Å². The third-order valence-corrected chi connectivity index (χ3v) is 7.75. The zero-order valence-corrected chi connectivity index (χ0v) is 19.0. The molecule has 0 spiro atoms. The molecule has 0 aromatic carbocycles. The van der Waals surface area contributed by atoms with Crippen molar-refractivity contribution in [1.82, 2.24) is 29.5 Å². The fourth-order valence-electron chi connectivity index (χ4n) is 3.82. The largest absolute Gasteiger partial charge is 0.297 e. The van der Waals surface area contributed by atoms with Crippen LogP contribution in [0.3, 0.4) is 0 Å². The summed E-state index contributed by atoms with van der Waals surface area (Å²) in [5.41, 5.74) is 1.86. The van der Waals surface area contributed by atoms with E-state index in [1.165, 1.54) is 34.6 Å².